The van der Waals surface area contributed by atoms with Crippen LogP contribution in [0.5, 0.6) is 5.75 Å². The van der Waals surface area contributed by atoms with Gasteiger partial charge in [-0.2, -0.15) is 0 Å². The highest BCUT2D eigenvalue weighted by molar-refractivity contribution is 8.00. The van der Waals surface area contributed by atoms with Gasteiger partial charge in [0.1, 0.15) is 17.2 Å². The second-order valence-electron chi connectivity index (χ2n) is 6.28. The molecule has 0 amide bonds. The van der Waals surface area contributed by atoms with Crippen LogP contribution in [-0.4, -0.2) is 28.0 Å². The predicted octanol–water partition coefficient (Wildman–Crippen LogP) is 4.70. The molecule has 1 aromatic heterocycles. The molecule has 23 heavy (non-hydrogen) atoms. The van der Waals surface area contributed by atoms with Gasteiger partial charge in [-0.15, -0.1) is 11.8 Å². The molecular weight excluding hydrogens is 308 g/mol. The van der Waals surface area contributed by atoms with Gasteiger partial charge in [0, 0.05) is 23.7 Å². The maximum atomic E-state index is 6.13. The summed E-state index contributed by atoms with van der Waals surface area (Å²) in [4.78, 5) is 4.21. The summed E-state index contributed by atoms with van der Waals surface area (Å²) in [6.45, 7) is 9.33. The minimum atomic E-state index is -0.0754. The lowest BCUT2D eigenvalue weighted by Crippen LogP contribution is -2.22. The third kappa shape index (κ3) is 5.01. The number of thioether (sulfide) groups is 1. The Kier molecular flexibility index (Phi) is 6.13. The summed E-state index contributed by atoms with van der Waals surface area (Å²) in [5.41, 5.74) is 1.11. The topological polar surface area (TPSA) is 36.3 Å². The molecule has 1 heterocycles. The summed E-state index contributed by atoms with van der Waals surface area (Å²) in [7, 11) is 1.69. The molecule has 0 spiro atoms. The quantitative estimate of drug-likeness (QED) is 0.735. The van der Waals surface area contributed by atoms with Crippen LogP contribution >= 0.6 is 11.8 Å². The zero-order valence-electron chi connectivity index (χ0n) is 14.5. The van der Waals surface area contributed by atoms with E-state index < -0.39 is 0 Å². The number of ether oxygens (including phenoxy) is 2. The highest BCUT2D eigenvalue weighted by Crippen LogP contribution is 2.44. The molecule has 0 fully saturated rings. The lowest BCUT2D eigenvalue weighted by atomic mass is 10.1. The Morgan fingerprint density at radius 1 is 1.30 bits per heavy atom. The Morgan fingerprint density at radius 3 is 2.65 bits per heavy atom. The van der Waals surface area contributed by atoms with Gasteiger partial charge in [-0.05, 0) is 24.6 Å². The van der Waals surface area contributed by atoms with Crippen molar-refractivity contribution in [2.24, 2.45) is 0 Å². The van der Waals surface area contributed by atoms with Crippen molar-refractivity contribution in [2.75, 3.05) is 13.7 Å². The van der Waals surface area contributed by atoms with E-state index in [9.17, 15) is 0 Å². The summed E-state index contributed by atoms with van der Waals surface area (Å²) in [6, 6.07) is 8.10. The number of hydrogen-bond donors (Lipinski definition) is 0. The van der Waals surface area contributed by atoms with Gasteiger partial charge in [0.05, 0.1) is 13.4 Å². The molecule has 0 bridgehead atoms. The van der Waals surface area contributed by atoms with Gasteiger partial charge in [-0.3, -0.25) is 0 Å². The van der Waals surface area contributed by atoms with Crippen molar-refractivity contribution >= 4 is 11.8 Å². The summed E-state index contributed by atoms with van der Waals surface area (Å²) in [5, 5.41) is 0.101. The van der Waals surface area contributed by atoms with Crippen LogP contribution in [0.2, 0.25) is 0 Å². The predicted molar refractivity (Wildman–Crippen MR) is 96.0 cm³/mol. The van der Waals surface area contributed by atoms with E-state index in [4.69, 9.17) is 9.47 Å². The van der Waals surface area contributed by atoms with Crippen molar-refractivity contribution in [3.05, 3.63) is 48.5 Å². The van der Waals surface area contributed by atoms with Crippen molar-refractivity contribution in [1.29, 1.82) is 0 Å². The molecular formula is C18H26N2O2S. The SMILES string of the molecule is CCOC(c1cccc(OC)c1)C(SC(C)(C)C)n1ccnc1. The molecule has 126 valence electrons. The number of benzene rings is 1. The molecule has 2 atom stereocenters. The van der Waals surface area contributed by atoms with Crippen molar-refractivity contribution in [2.45, 2.75) is 43.9 Å². The largest absolute Gasteiger partial charge is 0.497 e. The van der Waals surface area contributed by atoms with E-state index in [0.717, 1.165) is 11.3 Å². The van der Waals surface area contributed by atoms with E-state index in [0.29, 0.717) is 6.61 Å². The van der Waals surface area contributed by atoms with Crippen LogP contribution < -0.4 is 4.74 Å². The van der Waals surface area contributed by atoms with Crippen LogP contribution in [0.4, 0.5) is 0 Å². The Balaban J connectivity index is 2.40. The molecule has 1 aromatic carbocycles. The molecule has 0 saturated heterocycles. The van der Waals surface area contributed by atoms with Crippen molar-refractivity contribution in [3.8, 4) is 5.75 Å². The minimum Gasteiger partial charge on any atom is -0.497 e. The van der Waals surface area contributed by atoms with Gasteiger partial charge in [-0.1, -0.05) is 32.9 Å². The minimum absolute atomic E-state index is 0.0754. The fourth-order valence-electron chi connectivity index (χ4n) is 2.40. The zero-order valence-corrected chi connectivity index (χ0v) is 15.3. The van der Waals surface area contributed by atoms with Gasteiger partial charge in [0.25, 0.3) is 0 Å². The van der Waals surface area contributed by atoms with Crippen molar-refractivity contribution < 1.29 is 9.47 Å². The fourth-order valence-corrected chi connectivity index (χ4v) is 3.73. The molecule has 2 aromatic rings. The van der Waals surface area contributed by atoms with Crippen LogP contribution in [-0.2, 0) is 4.74 Å². The van der Waals surface area contributed by atoms with Crippen LogP contribution in [0.3, 0.4) is 0 Å². The average Bonchev–Trinajstić information content (AvgIpc) is 3.04. The maximum Gasteiger partial charge on any atom is 0.119 e. The molecule has 0 aliphatic heterocycles. The van der Waals surface area contributed by atoms with Crippen LogP contribution in [0.25, 0.3) is 0 Å². The van der Waals surface area contributed by atoms with E-state index in [-0.39, 0.29) is 16.2 Å². The molecule has 2 rings (SSSR count). The lowest BCUT2D eigenvalue weighted by Gasteiger charge is -2.33. The van der Waals surface area contributed by atoms with Gasteiger partial charge >= 0.3 is 0 Å². The standard InChI is InChI=1S/C18H26N2O2S/c1-6-22-16(14-8-7-9-15(12-14)21-5)17(23-18(2,3)4)20-11-10-19-13-20/h7-13,16-17H,6H2,1-5H3. The Morgan fingerprint density at radius 2 is 2.09 bits per heavy atom. The first kappa shape index (κ1) is 17.9. The Hall–Kier alpha value is -1.46. The number of aromatic nitrogens is 2. The Bertz CT molecular complexity index is 593. The summed E-state index contributed by atoms with van der Waals surface area (Å²) in [6.07, 6.45) is 5.59. The van der Waals surface area contributed by atoms with Crippen molar-refractivity contribution in [3.63, 3.8) is 0 Å². The van der Waals surface area contributed by atoms with E-state index in [1.165, 1.54) is 0 Å². The second-order valence-corrected chi connectivity index (χ2v) is 8.23. The Labute approximate surface area is 143 Å². The van der Waals surface area contributed by atoms with Crippen molar-refractivity contribution in [1.82, 2.24) is 9.55 Å². The molecule has 0 radical (unpaired) electrons. The zero-order chi connectivity index (χ0) is 16.9. The van der Waals surface area contributed by atoms with Crippen LogP contribution in [0.1, 0.15) is 44.7 Å². The summed E-state index contributed by atoms with van der Waals surface area (Å²) >= 11 is 1.87. The average molecular weight is 334 g/mol. The molecule has 0 aliphatic rings. The van der Waals surface area contributed by atoms with Gasteiger partial charge < -0.3 is 14.0 Å². The van der Waals surface area contributed by atoms with Crippen LogP contribution in [0.15, 0.2) is 43.0 Å². The smallest absolute Gasteiger partial charge is 0.119 e. The summed E-state index contributed by atoms with van der Waals surface area (Å²) in [5.74, 6) is 0.845. The van der Waals surface area contributed by atoms with Crippen LogP contribution in [0, 0.1) is 0 Å². The van der Waals surface area contributed by atoms with Gasteiger partial charge in [0.15, 0.2) is 0 Å². The first-order valence-electron chi connectivity index (χ1n) is 7.85. The van der Waals surface area contributed by atoms with E-state index >= 15 is 0 Å². The summed E-state index contributed by atoms with van der Waals surface area (Å²) < 4.78 is 13.7. The first-order chi connectivity index (χ1) is 10.9. The number of nitrogens with zero attached hydrogens (tertiary/aromatic N) is 2. The monoisotopic (exact) mass is 334 g/mol. The highest BCUT2D eigenvalue weighted by Gasteiger charge is 2.30. The van der Waals surface area contributed by atoms with E-state index in [1.807, 2.05) is 55.6 Å². The van der Waals surface area contributed by atoms with Gasteiger partial charge in [-0.25, -0.2) is 4.98 Å². The molecule has 2 unspecified atom stereocenters. The number of imidazole rings is 1. The highest BCUT2D eigenvalue weighted by atomic mass is 32.2. The molecule has 0 N–H and O–H groups in total. The van der Waals surface area contributed by atoms with Gasteiger partial charge in [0.2, 0.25) is 0 Å². The normalized spacial score (nSPS) is 14.5. The molecule has 0 saturated carbocycles. The third-order valence-electron chi connectivity index (χ3n) is 3.32. The number of hydrogen-bond acceptors (Lipinski definition) is 4. The van der Waals surface area contributed by atoms with E-state index in [2.05, 4.69) is 36.4 Å². The first-order valence-corrected chi connectivity index (χ1v) is 8.73. The lowest BCUT2D eigenvalue weighted by molar-refractivity contribution is 0.0464. The molecule has 0 aliphatic carbocycles. The van der Waals surface area contributed by atoms with E-state index in [1.54, 1.807) is 7.11 Å². The second kappa shape index (κ2) is 7.88. The number of methoxy groups -OCH3 is 1. The molecule has 4 nitrogen and oxygen atoms in total. The number of rotatable bonds is 7. The molecule has 5 heteroatoms. The fraction of sp³-hybridized carbons (Fsp3) is 0.500. The third-order valence-corrected chi connectivity index (χ3v) is 4.76. The maximum absolute atomic E-state index is 6.13.